The summed E-state index contributed by atoms with van der Waals surface area (Å²) in [6, 6.07) is 0. The molecule has 0 aromatic carbocycles. The lowest BCUT2D eigenvalue weighted by Crippen LogP contribution is -2.33. The number of carbonyl (C=O) groups excluding carboxylic acids is 1. The van der Waals surface area contributed by atoms with Crippen LogP contribution in [0, 0.1) is 19.8 Å². The predicted molar refractivity (Wildman–Crippen MR) is 65.8 cm³/mol. The summed E-state index contributed by atoms with van der Waals surface area (Å²) in [4.78, 5) is 27.3. The van der Waals surface area contributed by atoms with E-state index >= 15 is 0 Å². The number of rotatable bonds is 4. The fourth-order valence-corrected chi connectivity index (χ4v) is 1.34. The Morgan fingerprint density at radius 1 is 1.47 bits per heavy atom. The molecule has 1 heterocycles. The maximum Gasteiger partial charge on any atom is 0.256 e. The molecule has 94 valence electrons. The van der Waals surface area contributed by atoms with Crippen LogP contribution in [0.2, 0.25) is 0 Å². The Morgan fingerprint density at radius 3 is 2.71 bits per heavy atom. The molecule has 0 aliphatic carbocycles. The van der Waals surface area contributed by atoms with Crippen LogP contribution in [0.1, 0.15) is 25.1 Å². The standard InChI is InChI=1S/C12H19N3O2/c1-8(2)11(16)13-5-6-15-7-14-10(4)9(3)12(15)17/h7-8H,5-6H2,1-4H3,(H,13,16). The molecule has 0 fully saturated rings. The van der Waals surface area contributed by atoms with Crippen molar-refractivity contribution in [3.63, 3.8) is 0 Å². The molecule has 0 aliphatic heterocycles. The number of amides is 1. The van der Waals surface area contributed by atoms with Crippen molar-refractivity contribution < 1.29 is 4.79 Å². The number of aromatic nitrogens is 2. The van der Waals surface area contributed by atoms with Crippen LogP contribution in [0.15, 0.2) is 11.1 Å². The van der Waals surface area contributed by atoms with E-state index in [2.05, 4.69) is 10.3 Å². The third-order valence-electron chi connectivity index (χ3n) is 2.69. The first kappa shape index (κ1) is 13.4. The van der Waals surface area contributed by atoms with Gasteiger partial charge in [-0.3, -0.25) is 14.2 Å². The average Bonchev–Trinajstić information content (AvgIpc) is 2.28. The van der Waals surface area contributed by atoms with Crippen LogP contribution in [0.4, 0.5) is 0 Å². The van der Waals surface area contributed by atoms with Gasteiger partial charge < -0.3 is 5.32 Å². The fourth-order valence-electron chi connectivity index (χ4n) is 1.34. The normalized spacial score (nSPS) is 10.6. The number of hydrogen-bond acceptors (Lipinski definition) is 3. The van der Waals surface area contributed by atoms with Crippen molar-refractivity contribution in [3.05, 3.63) is 27.9 Å². The van der Waals surface area contributed by atoms with Crippen LogP contribution in [0.25, 0.3) is 0 Å². The summed E-state index contributed by atoms with van der Waals surface area (Å²) in [6.07, 6.45) is 1.52. The second-order valence-corrected chi connectivity index (χ2v) is 4.40. The Morgan fingerprint density at radius 2 is 2.12 bits per heavy atom. The van der Waals surface area contributed by atoms with Gasteiger partial charge >= 0.3 is 0 Å². The molecule has 0 unspecified atom stereocenters. The summed E-state index contributed by atoms with van der Waals surface area (Å²) in [5.74, 6) is -0.0422. The van der Waals surface area contributed by atoms with Crippen LogP contribution in [0.5, 0.6) is 0 Å². The van der Waals surface area contributed by atoms with Crippen molar-refractivity contribution in [1.29, 1.82) is 0 Å². The molecule has 0 bridgehead atoms. The van der Waals surface area contributed by atoms with E-state index < -0.39 is 0 Å². The maximum absolute atomic E-state index is 11.8. The second kappa shape index (κ2) is 5.61. The first-order valence-corrected chi connectivity index (χ1v) is 5.74. The average molecular weight is 237 g/mol. The van der Waals surface area contributed by atoms with E-state index in [1.807, 2.05) is 20.8 Å². The van der Waals surface area contributed by atoms with E-state index in [0.29, 0.717) is 18.7 Å². The number of carbonyl (C=O) groups is 1. The Bertz CT molecular complexity index is 463. The first-order chi connectivity index (χ1) is 7.93. The zero-order chi connectivity index (χ0) is 13.0. The Kier molecular flexibility index (Phi) is 4.43. The molecule has 1 N–H and O–H groups in total. The van der Waals surface area contributed by atoms with E-state index in [9.17, 15) is 9.59 Å². The molecule has 1 rings (SSSR count). The monoisotopic (exact) mass is 237 g/mol. The summed E-state index contributed by atoms with van der Waals surface area (Å²) in [5.41, 5.74) is 1.36. The van der Waals surface area contributed by atoms with Gasteiger partial charge in [-0.2, -0.15) is 0 Å². The fraction of sp³-hybridized carbons (Fsp3) is 0.583. The molecular weight excluding hydrogens is 218 g/mol. The van der Waals surface area contributed by atoms with Gasteiger partial charge in [0.1, 0.15) is 0 Å². The van der Waals surface area contributed by atoms with Crippen LogP contribution in [-0.2, 0) is 11.3 Å². The van der Waals surface area contributed by atoms with E-state index in [-0.39, 0.29) is 17.4 Å². The van der Waals surface area contributed by atoms with Crippen LogP contribution in [0.3, 0.4) is 0 Å². The van der Waals surface area contributed by atoms with E-state index in [4.69, 9.17) is 0 Å². The highest BCUT2D eigenvalue weighted by Crippen LogP contribution is 1.94. The Labute approximate surface area is 101 Å². The molecule has 1 aromatic heterocycles. The van der Waals surface area contributed by atoms with Crippen LogP contribution >= 0.6 is 0 Å². The molecule has 1 amide bonds. The highest BCUT2D eigenvalue weighted by molar-refractivity contribution is 5.77. The minimum absolute atomic E-state index is 0.00478. The first-order valence-electron chi connectivity index (χ1n) is 5.74. The molecule has 0 atom stereocenters. The third kappa shape index (κ3) is 3.41. The van der Waals surface area contributed by atoms with Gasteiger partial charge in [0.25, 0.3) is 5.56 Å². The quantitative estimate of drug-likeness (QED) is 0.835. The summed E-state index contributed by atoms with van der Waals surface area (Å²) in [7, 11) is 0. The van der Waals surface area contributed by atoms with E-state index in [0.717, 1.165) is 5.69 Å². The van der Waals surface area contributed by atoms with Crippen molar-refractivity contribution in [1.82, 2.24) is 14.9 Å². The van der Waals surface area contributed by atoms with Gasteiger partial charge in [0.15, 0.2) is 0 Å². The summed E-state index contributed by atoms with van der Waals surface area (Å²) in [6.45, 7) is 8.13. The number of nitrogens with zero attached hydrogens (tertiary/aromatic N) is 2. The molecule has 5 nitrogen and oxygen atoms in total. The van der Waals surface area contributed by atoms with Crippen molar-refractivity contribution in [2.45, 2.75) is 34.2 Å². The second-order valence-electron chi connectivity index (χ2n) is 4.40. The smallest absolute Gasteiger partial charge is 0.256 e. The van der Waals surface area contributed by atoms with Gasteiger partial charge in [0.05, 0.1) is 6.33 Å². The topological polar surface area (TPSA) is 64.0 Å². The molecule has 0 radical (unpaired) electrons. The molecule has 0 saturated carbocycles. The van der Waals surface area contributed by atoms with Gasteiger partial charge in [-0.05, 0) is 13.8 Å². The molecule has 5 heteroatoms. The largest absolute Gasteiger partial charge is 0.354 e. The Hall–Kier alpha value is -1.65. The lowest BCUT2D eigenvalue weighted by molar-refractivity contribution is -0.124. The highest BCUT2D eigenvalue weighted by Gasteiger charge is 2.07. The van der Waals surface area contributed by atoms with E-state index in [1.54, 1.807) is 6.92 Å². The molecular formula is C12H19N3O2. The van der Waals surface area contributed by atoms with Crippen LogP contribution < -0.4 is 10.9 Å². The molecule has 0 aliphatic rings. The van der Waals surface area contributed by atoms with E-state index in [1.165, 1.54) is 10.9 Å². The van der Waals surface area contributed by atoms with Gasteiger partial charge in [-0.15, -0.1) is 0 Å². The van der Waals surface area contributed by atoms with Gasteiger partial charge in [-0.25, -0.2) is 4.98 Å². The molecule has 0 spiro atoms. The van der Waals surface area contributed by atoms with Gasteiger partial charge in [-0.1, -0.05) is 13.8 Å². The van der Waals surface area contributed by atoms with Crippen LogP contribution in [-0.4, -0.2) is 22.0 Å². The SMILES string of the molecule is Cc1ncn(CCNC(=O)C(C)C)c(=O)c1C. The zero-order valence-electron chi connectivity index (χ0n) is 10.8. The number of hydrogen-bond donors (Lipinski definition) is 1. The zero-order valence-corrected chi connectivity index (χ0v) is 10.8. The highest BCUT2D eigenvalue weighted by atomic mass is 16.2. The van der Waals surface area contributed by atoms with Crippen molar-refractivity contribution in [2.24, 2.45) is 5.92 Å². The van der Waals surface area contributed by atoms with Crippen molar-refractivity contribution >= 4 is 5.91 Å². The molecule has 17 heavy (non-hydrogen) atoms. The minimum atomic E-state index is -0.0451. The number of nitrogens with one attached hydrogen (secondary N) is 1. The number of aryl methyl sites for hydroxylation is 1. The van der Waals surface area contributed by atoms with Gasteiger partial charge in [0.2, 0.25) is 5.91 Å². The lowest BCUT2D eigenvalue weighted by Gasteiger charge is -2.10. The van der Waals surface area contributed by atoms with Crippen molar-refractivity contribution in [2.75, 3.05) is 6.54 Å². The van der Waals surface area contributed by atoms with Gasteiger partial charge in [0, 0.05) is 30.3 Å². The summed E-state index contributed by atoms with van der Waals surface area (Å²) in [5, 5.41) is 2.77. The molecule has 1 aromatic rings. The summed E-state index contributed by atoms with van der Waals surface area (Å²) < 4.78 is 1.52. The predicted octanol–water partition coefficient (Wildman–Crippen LogP) is 0.632. The summed E-state index contributed by atoms with van der Waals surface area (Å²) >= 11 is 0. The maximum atomic E-state index is 11.8. The molecule has 0 saturated heterocycles. The lowest BCUT2D eigenvalue weighted by atomic mass is 10.2. The Balaban J connectivity index is 2.62. The van der Waals surface area contributed by atoms with Crippen molar-refractivity contribution in [3.8, 4) is 0 Å². The third-order valence-corrected chi connectivity index (χ3v) is 2.69. The minimum Gasteiger partial charge on any atom is -0.354 e.